The molecule has 0 aromatic heterocycles. The lowest BCUT2D eigenvalue weighted by molar-refractivity contribution is 0.386. The first kappa shape index (κ1) is 21.4. The summed E-state index contributed by atoms with van der Waals surface area (Å²) in [5.74, 6) is 0.783. The fourth-order valence-electron chi connectivity index (χ4n) is 3.55. The summed E-state index contributed by atoms with van der Waals surface area (Å²) in [7, 11) is 0. The minimum Gasteiger partial charge on any atom is -0.333 e. The molecule has 0 bridgehead atoms. The predicted molar refractivity (Wildman–Crippen MR) is 132 cm³/mol. The summed E-state index contributed by atoms with van der Waals surface area (Å²) in [5, 5.41) is 4.98. The van der Waals surface area contributed by atoms with Gasteiger partial charge >= 0.3 is 0 Å². The Bertz CT molecular complexity index is 1040. The Kier molecular flexibility index (Phi) is 7.70. The van der Waals surface area contributed by atoms with E-state index < -0.39 is 0 Å². The molecule has 4 aromatic rings. The Labute approximate surface area is 191 Å². The fraction of sp³-hybridized carbons (Fsp3) is 0.138. The molecule has 32 heavy (non-hydrogen) atoms. The molecule has 0 saturated carbocycles. The van der Waals surface area contributed by atoms with Crippen LogP contribution in [-0.2, 0) is 26.2 Å². The van der Waals surface area contributed by atoms with E-state index in [1.165, 1.54) is 22.3 Å². The van der Waals surface area contributed by atoms with Crippen molar-refractivity contribution in [3.8, 4) is 0 Å². The summed E-state index contributed by atoms with van der Waals surface area (Å²) < 4.78 is 0. The highest BCUT2D eigenvalue weighted by Crippen LogP contribution is 2.13. The van der Waals surface area contributed by atoms with Crippen LogP contribution in [0.2, 0.25) is 0 Å². The fourth-order valence-corrected chi connectivity index (χ4v) is 3.55. The largest absolute Gasteiger partial charge is 0.333 e. The minimum absolute atomic E-state index is 0.606. The smallest absolute Gasteiger partial charge is 0.217 e. The van der Waals surface area contributed by atoms with Crippen molar-refractivity contribution in [1.82, 2.24) is 10.2 Å². The van der Waals surface area contributed by atoms with Gasteiger partial charge < -0.3 is 4.90 Å². The van der Waals surface area contributed by atoms with Crippen molar-refractivity contribution < 1.29 is 0 Å². The van der Waals surface area contributed by atoms with E-state index in [2.05, 4.69) is 114 Å². The van der Waals surface area contributed by atoms with Crippen molar-refractivity contribution >= 4 is 5.96 Å². The topological polar surface area (TPSA) is 29.7 Å². The monoisotopic (exact) mass is 418 g/mol. The molecule has 0 N–H and O–H groups in total. The Morgan fingerprint density at radius 2 is 0.844 bits per heavy atom. The van der Waals surface area contributed by atoms with Gasteiger partial charge in [-0.1, -0.05) is 121 Å². The van der Waals surface area contributed by atoms with E-state index in [-0.39, 0.29) is 0 Å². The second-order valence-corrected chi connectivity index (χ2v) is 7.73. The SMILES string of the molecule is c1ccc(C[N]C(=NCc2ccccc2)N(Cc2ccccc2)Cc2ccccc2)cc1. The van der Waals surface area contributed by atoms with Crippen LogP contribution in [0.5, 0.6) is 0 Å². The first-order chi connectivity index (χ1) is 15.9. The predicted octanol–water partition coefficient (Wildman–Crippen LogP) is 6.05. The van der Waals surface area contributed by atoms with Crippen LogP contribution in [0.15, 0.2) is 126 Å². The highest BCUT2D eigenvalue weighted by Gasteiger charge is 2.14. The molecule has 159 valence electrons. The molecule has 1 radical (unpaired) electrons. The zero-order valence-electron chi connectivity index (χ0n) is 18.2. The molecule has 0 spiro atoms. The number of rotatable bonds is 8. The number of guanidine groups is 1. The van der Waals surface area contributed by atoms with Gasteiger partial charge in [-0.25, -0.2) is 10.3 Å². The second kappa shape index (κ2) is 11.5. The molecule has 0 saturated heterocycles. The average Bonchev–Trinajstić information content (AvgIpc) is 2.86. The normalized spacial score (nSPS) is 11.2. The minimum atomic E-state index is 0.606. The molecule has 0 heterocycles. The van der Waals surface area contributed by atoms with Crippen LogP contribution < -0.4 is 5.32 Å². The molecule has 0 aliphatic carbocycles. The molecule has 4 aromatic carbocycles. The third-order valence-electron chi connectivity index (χ3n) is 5.21. The maximum atomic E-state index is 4.98. The van der Waals surface area contributed by atoms with Crippen LogP contribution in [0.1, 0.15) is 22.3 Å². The second-order valence-electron chi connectivity index (χ2n) is 7.73. The van der Waals surface area contributed by atoms with Gasteiger partial charge in [0.2, 0.25) is 5.96 Å². The lowest BCUT2D eigenvalue weighted by Crippen LogP contribution is -2.36. The Morgan fingerprint density at radius 3 is 1.28 bits per heavy atom. The molecule has 0 amide bonds. The molecule has 0 atom stereocenters. The van der Waals surface area contributed by atoms with Gasteiger partial charge in [-0.3, -0.25) is 0 Å². The van der Waals surface area contributed by atoms with Crippen molar-refractivity contribution in [2.24, 2.45) is 4.99 Å². The number of nitrogens with zero attached hydrogens (tertiary/aromatic N) is 3. The van der Waals surface area contributed by atoms with Crippen LogP contribution in [-0.4, -0.2) is 10.9 Å². The van der Waals surface area contributed by atoms with Gasteiger partial charge in [0.25, 0.3) is 0 Å². The summed E-state index contributed by atoms with van der Waals surface area (Å²) in [6.45, 7) is 2.71. The van der Waals surface area contributed by atoms with Crippen molar-refractivity contribution in [1.29, 1.82) is 0 Å². The van der Waals surface area contributed by atoms with E-state index in [1.54, 1.807) is 0 Å². The van der Waals surface area contributed by atoms with E-state index in [4.69, 9.17) is 10.3 Å². The lowest BCUT2D eigenvalue weighted by atomic mass is 10.1. The number of aliphatic imine (C=N–C) groups is 1. The average molecular weight is 419 g/mol. The van der Waals surface area contributed by atoms with Gasteiger partial charge in [0.15, 0.2) is 0 Å². The Hall–Kier alpha value is -3.85. The first-order valence-corrected chi connectivity index (χ1v) is 11.0. The molecule has 3 nitrogen and oxygen atoms in total. The number of hydrogen-bond donors (Lipinski definition) is 0. The Morgan fingerprint density at radius 1 is 0.469 bits per heavy atom. The van der Waals surface area contributed by atoms with Gasteiger partial charge in [-0.2, -0.15) is 0 Å². The number of benzene rings is 4. The Balaban J connectivity index is 1.61. The standard InChI is InChI=1S/C29H28N3/c1-5-13-25(14-6-1)21-30-29(31-22-26-15-7-2-8-16-26)32(23-27-17-9-3-10-18-27)24-28-19-11-4-12-20-28/h1-20H,21-24H2. The molecular formula is C29H28N3. The highest BCUT2D eigenvalue weighted by molar-refractivity contribution is 5.79. The summed E-state index contributed by atoms with van der Waals surface area (Å²) >= 11 is 0. The van der Waals surface area contributed by atoms with E-state index in [0.29, 0.717) is 13.1 Å². The van der Waals surface area contributed by atoms with Crippen LogP contribution >= 0.6 is 0 Å². The molecule has 0 fully saturated rings. The molecule has 3 heteroatoms. The summed E-state index contributed by atoms with van der Waals surface area (Å²) in [4.78, 5) is 7.25. The van der Waals surface area contributed by atoms with Gasteiger partial charge in [-0.15, -0.1) is 0 Å². The van der Waals surface area contributed by atoms with Gasteiger partial charge in [0, 0.05) is 13.1 Å². The van der Waals surface area contributed by atoms with Crippen molar-refractivity contribution in [3.63, 3.8) is 0 Å². The van der Waals surface area contributed by atoms with Gasteiger partial charge in [0.05, 0.1) is 13.1 Å². The highest BCUT2D eigenvalue weighted by atomic mass is 15.3. The quantitative estimate of drug-likeness (QED) is 0.253. The van der Waals surface area contributed by atoms with E-state index in [0.717, 1.165) is 19.0 Å². The first-order valence-electron chi connectivity index (χ1n) is 11.0. The van der Waals surface area contributed by atoms with Crippen molar-refractivity contribution in [2.75, 3.05) is 0 Å². The maximum Gasteiger partial charge on any atom is 0.217 e. The third kappa shape index (κ3) is 6.58. The van der Waals surface area contributed by atoms with Crippen molar-refractivity contribution in [3.05, 3.63) is 144 Å². The zero-order chi connectivity index (χ0) is 21.8. The van der Waals surface area contributed by atoms with E-state index in [9.17, 15) is 0 Å². The molecule has 0 aliphatic heterocycles. The van der Waals surface area contributed by atoms with Crippen LogP contribution in [0.4, 0.5) is 0 Å². The van der Waals surface area contributed by atoms with Crippen LogP contribution in [0.3, 0.4) is 0 Å². The van der Waals surface area contributed by atoms with Crippen molar-refractivity contribution in [2.45, 2.75) is 26.2 Å². The third-order valence-corrected chi connectivity index (χ3v) is 5.21. The van der Waals surface area contributed by atoms with Crippen LogP contribution in [0.25, 0.3) is 0 Å². The molecular weight excluding hydrogens is 390 g/mol. The zero-order valence-corrected chi connectivity index (χ0v) is 18.2. The van der Waals surface area contributed by atoms with Crippen LogP contribution in [0, 0.1) is 0 Å². The van der Waals surface area contributed by atoms with E-state index in [1.807, 2.05) is 12.1 Å². The number of hydrogen-bond acceptors (Lipinski definition) is 1. The van der Waals surface area contributed by atoms with Gasteiger partial charge in [-0.05, 0) is 22.3 Å². The molecule has 0 unspecified atom stereocenters. The molecule has 0 aliphatic rings. The summed E-state index contributed by atoms with van der Waals surface area (Å²) in [6.07, 6.45) is 0. The summed E-state index contributed by atoms with van der Waals surface area (Å²) in [5.41, 5.74) is 4.84. The van der Waals surface area contributed by atoms with Gasteiger partial charge in [0.1, 0.15) is 0 Å². The lowest BCUT2D eigenvalue weighted by Gasteiger charge is -2.26. The maximum absolute atomic E-state index is 4.98. The summed E-state index contributed by atoms with van der Waals surface area (Å²) in [6, 6.07) is 41.8. The molecule has 4 rings (SSSR count). The van der Waals surface area contributed by atoms with E-state index >= 15 is 0 Å².